The van der Waals surface area contributed by atoms with Crippen molar-refractivity contribution in [3.8, 4) is 5.75 Å². The zero-order chi connectivity index (χ0) is 26.9. The average molecular weight is 544 g/mol. The van der Waals surface area contributed by atoms with Crippen LogP contribution in [0, 0.1) is 11.8 Å². The number of ether oxygens (including phenoxy) is 1. The van der Waals surface area contributed by atoms with Gasteiger partial charge in [-0.15, -0.1) is 0 Å². The maximum atomic E-state index is 13.4. The van der Waals surface area contributed by atoms with Crippen LogP contribution in [-0.4, -0.2) is 49.0 Å². The number of nitrogens with zero attached hydrogens (tertiary/aromatic N) is 1. The van der Waals surface area contributed by atoms with Crippen LogP contribution < -0.4 is 4.74 Å². The Labute approximate surface area is 222 Å². The van der Waals surface area contributed by atoms with Gasteiger partial charge in [-0.2, -0.15) is 0 Å². The van der Waals surface area contributed by atoms with Crippen LogP contribution in [0.4, 0.5) is 0 Å². The minimum Gasteiger partial charge on any atom is -0.488 e. The minimum absolute atomic E-state index is 0.0637. The third-order valence-electron chi connectivity index (χ3n) is 8.50. The molecule has 37 heavy (non-hydrogen) atoms. The quantitative estimate of drug-likeness (QED) is 0.239. The fourth-order valence-corrected chi connectivity index (χ4v) is 9.15. The van der Waals surface area contributed by atoms with E-state index in [0.717, 1.165) is 40.0 Å². The van der Waals surface area contributed by atoms with Crippen molar-refractivity contribution in [2.45, 2.75) is 71.5 Å². The summed E-state index contributed by atoms with van der Waals surface area (Å²) < 4.78 is 18.0. The lowest BCUT2D eigenvalue weighted by Crippen LogP contribution is -2.65. The third kappa shape index (κ3) is 4.74. The second kappa shape index (κ2) is 11.2. The zero-order valence-electron chi connectivity index (χ0n) is 22.3. The standard InChI is InChI=1S/C28H38NO6PSi/c1-6-37(7-2,8-3)35-18(5)24-25-17(4)22(26(28(32)34-36)29(25)27(24)31)16-33-23-14-10-12-20-19(15-30)11-9-13-21(20)23/h9-14,17-18,24-25,30H,6-8,15-16,36H2,1-5H3/t17-,18+,24+,25+/m0/s1. The molecule has 1 amide bonds. The predicted octanol–water partition coefficient (Wildman–Crippen LogP) is 5.19. The Hall–Kier alpha value is -2.25. The largest absolute Gasteiger partial charge is 0.488 e. The van der Waals surface area contributed by atoms with Crippen molar-refractivity contribution in [2.24, 2.45) is 11.8 Å². The molecule has 1 unspecified atom stereocenters. The van der Waals surface area contributed by atoms with Crippen LogP contribution in [0.25, 0.3) is 10.8 Å². The first-order chi connectivity index (χ1) is 17.8. The topological polar surface area (TPSA) is 85.3 Å². The number of hydrogen-bond acceptors (Lipinski definition) is 6. The molecule has 0 aliphatic carbocycles. The van der Waals surface area contributed by atoms with Crippen molar-refractivity contribution in [1.29, 1.82) is 0 Å². The molecule has 2 heterocycles. The second-order valence-electron chi connectivity index (χ2n) is 10.1. The minimum atomic E-state index is -1.90. The molecule has 1 N–H and O–H groups in total. The van der Waals surface area contributed by atoms with Crippen LogP contribution in [0.15, 0.2) is 47.7 Å². The summed E-state index contributed by atoms with van der Waals surface area (Å²) >= 11 is 0. The number of amides is 1. The maximum Gasteiger partial charge on any atom is 0.357 e. The summed E-state index contributed by atoms with van der Waals surface area (Å²) in [5, 5.41) is 11.5. The number of hydrogen-bond donors (Lipinski definition) is 1. The number of rotatable bonds is 11. The highest BCUT2D eigenvalue weighted by Crippen LogP contribution is 2.49. The van der Waals surface area contributed by atoms with Crippen LogP contribution in [0.5, 0.6) is 5.75 Å². The Bertz CT molecular complexity index is 1200. The van der Waals surface area contributed by atoms with Gasteiger partial charge in [-0.3, -0.25) is 4.79 Å². The first-order valence-corrected chi connectivity index (χ1v) is 16.2. The van der Waals surface area contributed by atoms with E-state index in [1.54, 1.807) is 4.90 Å². The van der Waals surface area contributed by atoms with Gasteiger partial charge in [-0.1, -0.05) is 58.0 Å². The van der Waals surface area contributed by atoms with Gasteiger partial charge in [0.1, 0.15) is 18.1 Å². The molecule has 0 radical (unpaired) electrons. The smallest absolute Gasteiger partial charge is 0.357 e. The van der Waals surface area contributed by atoms with Gasteiger partial charge < -0.3 is 23.7 Å². The van der Waals surface area contributed by atoms with E-state index in [9.17, 15) is 14.7 Å². The number of β-lactam (4-membered cyclic amide) rings is 1. The molecule has 2 aromatic carbocycles. The van der Waals surface area contributed by atoms with Crippen LogP contribution in [0.1, 0.15) is 40.2 Å². The van der Waals surface area contributed by atoms with E-state index in [0.29, 0.717) is 5.75 Å². The summed E-state index contributed by atoms with van der Waals surface area (Å²) in [7, 11) is 0.0950. The van der Waals surface area contributed by atoms with Crippen molar-refractivity contribution < 1.29 is 28.4 Å². The molecule has 5 atom stereocenters. The van der Waals surface area contributed by atoms with Gasteiger partial charge in [0.15, 0.2) is 8.32 Å². The van der Waals surface area contributed by atoms with Crippen molar-refractivity contribution >= 4 is 40.4 Å². The maximum absolute atomic E-state index is 13.4. The molecule has 0 aromatic heterocycles. The number of carbonyl (C=O) groups is 2. The Morgan fingerprint density at radius 1 is 1.11 bits per heavy atom. The van der Waals surface area contributed by atoms with Gasteiger partial charge in [-0.25, -0.2) is 4.79 Å². The molecule has 0 spiro atoms. The fraction of sp³-hybridized carbons (Fsp3) is 0.500. The SMILES string of the molecule is CC[Si](CC)(CC)O[C@H](C)[C@H]1C(=O)N2C(C(=O)OP)=C(COc3cccc4c(CO)cccc34)[C@H](C)[C@H]12. The Morgan fingerprint density at radius 2 is 1.76 bits per heavy atom. The van der Waals surface area contributed by atoms with Gasteiger partial charge >= 0.3 is 5.97 Å². The number of aliphatic hydroxyl groups excluding tert-OH is 1. The zero-order valence-corrected chi connectivity index (χ0v) is 24.5. The summed E-state index contributed by atoms with van der Waals surface area (Å²) in [5.74, 6) is -0.380. The van der Waals surface area contributed by atoms with Gasteiger partial charge in [0.2, 0.25) is 5.91 Å². The summed E-state index contributed by atoms with van der Waals surface area (Å²) in [6.45, 7) is 10.7. The molecule has 200 valence electrons. The van der Waals surface area contributed by atoms with Crippen molar-refractivity contribution in [3.05, 3.63) is 53.2 Å². The van der Waals surface area contributed by atoms with Crippen molar-refractivity contribution in [1.82, 2.24) is 4.90 Å². The number of benzene rings is 2. The molecular weight excluding hydrogens is 505 g/mol. The molecule has 9 heteroatoms. The third-order valence-corrected chi connectivity index (χ3v) is 13.4. The van der Waals surface area contributed by atoms with Gasteiger partial charge in [0.25, 0.3) is 0 Å². The first-order valence-electron chi connectivity index (χ1n) is 13.2. The number of aliphatic hydroxyl groups is 1. The Balaban J connectivity index is 1.61. The lowest BCUT2D eigenvalue weighted by atomic mass is 9.78. The van der Waals surface area contributed by atoms with E-state index in [1.165, 1.54) is 0 Å². The Morgan fingerprint density at radius 3 is 2.38 bits per heavy atom. The molecule has 0 saturated carbocycles. The molecule has 4 rings (SSSR count). The van der Waals surface area contributed by atoms with E-state index >= 15 is 0 Å². The van der Waals surface area contributed by atoms with Crippen LogP contribution >= 0.6 is 9.47 Å². The highest BCUT2D eigenvalue weighted by molar-refractivity contribution is 7.10. The highest BCUT2D eigenvalue weighted by Gasteiger charge is 2.61. The van der Waals surface area contributed by atoms with E-state index in [-0.39, 0.29) is 48.8 Å². The number of carbonyl (C=O) groups excluding carboxylic acids is 2. The molecule has 0 bridgehead atoms. The normalized spacial score (nSPS) is 22.2. The van der Waals surface area contributed by atoms with Crippen LogP contribution in [0.3, 0.4) is 0 Å². The first kappa shape index (κ1) is 27.8. The van der Waals surface area contributed by atoms with E-state index in [4.69, 9.17) is 13.7 Å². The molecule has 1 fully saturated rings. The second-order valence-corrected chi connectivity index (χ2v) is 15.0. The van der Waals surface area contributed by atoms with Gasteiger partial charge in [0, 0.05) is 16.9 Å². The monoisotopic (exact) mass is 543 g/mol. The van der Waals surface area contributed by atoms with Crippen molar-refractivity contribution in [2.75, 3.05) is 6.61 Å². The summed E-state index contributed by atoms with van der Waals surface area (Å²) in [5.41, 5.74) is 1.85. The van der Waals surface area contributed by atoms with E-state index in [1.807, 2.05) is 59.7 Å². The highest BCUT2D eigenvalue weighted by atomic mass is 31.0. The van der Waals surface area contributed by atoms with Gasteiger partial charge in [0.05, 0.1) is 34.1 Å². The predicted molar refractivity (Wildman–Crippen MR) is 149 cm³/mol. The summed E-state index contributed by atoms with van der Waals surface area (Å²) in [6, 6.07) is 14.3. The number of fused-ring (bicyclic) bond motifs is 2. The Kier molecular flexibility index (Phi) is 8.44. The lowest BCUT2D eigenvalue weighted by molar-refractivity contribution is -0.161. The van der Waals surface area contributed by atoms with Crippen molar-refractivity contribution in [3.63, 3.8) is 0 Å². The average Bonchev–Trinajstić information content (AvgIpc) is 3.17. The van der Waals surface area contributed by atoms with E-state index in [2.05, 4.69) is 20.8 Å². The summed E-state index contributed by atoms with van der Waals surface area (Å²) in [4.78, 5) is 27.9. The molecule has 2 aliphatic rings. The molecule has 2 aromatic rings. The molecule has 7 nitrogen and oxygen atoms in total. The molecule has 2 aliphatic heterocycles. The summed E-state index contributed by atoms with van der Waals surface area (Å²) in [6.07, 6.45) is -0.216. The van der Waals surface area contributed by atoms with Crippen LogP contribution in [-0.2, 0) is 25.1 Å². The van der Waals surface area contributed by atoms with Crippen LogP contribution in [0.2, 0.25) is 18.1 Å². The molecular formula is C28H38NO6PSi. The fourth-order valence-electron chi connectivity index (χ4n) is 6.10. The van der Waals surface area contributed by atoms with E-state index < -0.39 is 14.3 Å². The lowest BCUT2D eigenvalue weighted by Gasteiger charge is -2.49. The molecule has 1 saturated heterocycles. The van der Waals surface area contributed by atoms with Gasteiger partial charge in [-0.05, 0) is 42.1 Å².